The van der Waals surface area contributed by atoms with Gasteiger partial charge in [0.15, 0.2) is 0 Å². The predicted octanol–water partition coefficient (Wildman–Crippen LogP) is 1.10. The molecule has 120 valence electrons. The molecule has 1 aromatic carbocycles. The summed E-state index contributed by atoms with van der Waals surface area (Å²) in [5, 5.41) is 20.5. The summed E-state index contributed by atoms with van der Waals surface area (Å²) in [6, 6.07) is 6.23. The Hall–Kier alpha value is -1.47. The van der Waals surface area contributed by atoms with Crippen molar-refractivity contribution in [1.29, 1.82) is 0 Å². The molecular weight excluding hydrogens is 307 g/mol. The zero-order valence-electron chi connectivity index (χ0n) is 12.1. The van der Waals surface area contributed by atoms with Crippen LogP contribution < -0.4 is 10.6 Å². The molecule has 0 bridgehead atoms. The van der Waals surface area contributed by atoms with Crippen LogP contribution in [0.5, 0.6) is 0 Å². The summed E-state index contributed by atoms with van der Waals surface area (Å²) in [6.45, 7) is 3.00. The Morgan fingerprint density at radius 1 is 1.32 bits per heavy atom. The van der Waals surface area contributed by atoms with Crippen molar-refractivity contribution in [2.75, 3.05) is 19.6 Å². The highest BCUT2D eigenvalue weighted by atomic mass is 35.5. The number of halogens is 2. The van der Waals surface area contributed by atoms with Crippen molar-refractivity contribution in [2.45, 2.75) is 12.6 Å². The molecule has 22 heavy (non-hydrogen) atoms. The first-order valence-electron chi connectivity index (χ1n) is 7.11. The Labute approximate surface area is 134 Å². The normalized spacial score (nSPS) is 20.8. The van der Waals surface area contributed by atoms with Crippen LogP contribution in [-0.2, 0) is 6.54 Å². The van der Waals surface area contributed by atoms with Gasteiger partial charge in [-0.1, -0.05) is 0 Å². The number of nitrogens with one attached hydrogen (secondary N) is 2. The van der Waals surface area contributed by atoms with Gasteiger partial charge in [0.05, 0.1) is 18.0 Å². The van der Waals surface area contributed by atoms with E-state index in [1.54, 1.807) is 23.0 Å². The van der Waals surface area contributed by atoms with Crippen molar-refractivity contribution in [2.24, 2.45) is 5.92 Å². The molecule has 2 aromatic rings. The molecule has 0 radical (unpaired) electrons. The van der Waals surface area contributed by atoms with Crippen LogP contribution in [-0.4, -0.2) is 40.6 Å². The van der Waals surface area contributed by atoms with Crippen molar-refractivity contribution in [3.63, 3.8) is 0 Å². The van der Waals surface area contributed by atoms with E-state index in [1.807, 2.05) is 6.20 Å². The Morgan fingerprint density at radius 3 is 2.77 bits per heavy atom. The van der Waals surface area contributed by atoms with Gasteiger partial charge in [0.2, 0.25) is 0 Å². The molecule has 2 heterocycles. The number of aromatic nitrogens is 2. The summed E-state index contributed by atoms with van der Waals surface area (Å²) in [4.78, 5) is 0. The van der Waals surface area contributed by atoms with Gasteiger partial charge in [-0.3, -0.25) is 0 Å². The Kier molecular flexibility index (Phi) is 5.90. The molecule has 0 amide bonds. The Balaban J connectivity index is 0.00000176. The first-order chi connectivity index (χ1) is 10.2. The molecule has 0 aliphatic carbocycles. The average molecular weight is 327 g/mol. The molecule has 2 atom stereocenters. The lowest BCUT2D eigenvalue weighted by Crippen LogP contribution is -2.30. The van der Waals surface area contributed by atoms with Crippen LogP contribution in [0.15, 0.2) is 36.7 Å². The Bertz CT molecular complexity index is 589. The second kappa shape index (κ2) is 7.69. The highest BCUT2D eigenvalue weighted by Crippen LogP contribution is 2.10. The van der Waals surface area contributed by atoms with Gasteiger partial charge in [0.1, 0.15) is 5.82 Å². The summed E-state index contributed by atoms with van der Waals surface area (Å²) < 4.78 is 14.6. The summed E-state index contributed by atoms with van der Waals surface area (Å²) in [5.41, 5.74) is 1.89. The molecule has 1 aromatic heterocycles. The highest BCUT2D eigenvalue weighted by Gasteiger charge is 2.23. The molecule has 2 unspecified atom stereocenters. The van der Waals surface area contributed by atoms with Crippen LogP contribution in [0.4, 0.5) is 4.39 Å². The summed E-state index contributed by atoms with van der Waals surface area (Å²) in [5.74, 6) is 0.00803. The van der Waals surface area contributed by atoms with Gasteiger partial charge in [0, 0.05) is 43.9 Å². The van der Waals surface area contributed by atoms with E-state index in [4.69, 9.17) is 0 Å². The molecule has 3 rings (SSSR count). The van der Waals surface area contributed by atoms with Crippen molar-refractivity contribution in [3.05, 3.63) is 48.0 Å². The topological polar surface area (TPSA) is 62.1 Å². The molecule has 1 aliphatic rings. The number of nitrogens with zero attached hydrogens (tertiary/aromatic N) is 2. The number of aliphatic hydroxyl groups is 1. The van der Waals surface area contributed by atoms with Crippen LogP contribution in [0.2, 0.25) is 0 Å². The molecule has 1 fully saturated rings. The highest BCUT2D eigenvalue weighted by molar-refractivity contribution is 5.85. The number of benzene rings is 1. The molecule has 1 aliphatic heterocycles. The largest absolute Gasteiger partial charge is 0.391 e. The van der Waals surface area contributed by atoms with Gasteiger partial charge >= 0.3 is 0 Å². The molecule has 0 spiro atoms. The minimum atomic E-state index is -0.264. The van der Waals surface area contributed by atoms with E-state index in [-0.39, 0.29) is 30.2 Å². The second-order valence-electron chi connectivity index (χ2n) is 5.39. The van der Waals surface area contributed by atoms with E-state index < -0.39 is 0 Å². The fourth-order valence-corrected chi connectivity index (χ4v) is 2.52. The van der Waals surface area contributed by atoms with E-state index in [0.29, 0.717) is 13.1 Å². The maximum absolute atomic E-state index is 12.9. The first kappa shape index (κ1) is 16.9. The third-order valence-electron chi connectivity index (χ3n) is 3.77. The first-order valence-corrected chi connectivity index (χ1v) is 7.11. The molecule has 5 nitrogen and oxygen atoms in total. The van der Waals surface area contributed by atoms with Crippen molar-refractivity contribution >= 4 is 12.4 Å². The lowest BCUT2D eigenvalue weighted by molar-refractivity contribution is 0.146. The van der Waals surface area contributed by atoms with E-state index in [0.717, 1.165) is 24.3 Å². The number of hydrogen-bond acceptors (Lipinski definition) is 4. The minimum Gasteiger partial charge on any atom is -0.391 e. The zero-order chi connectivity index (χ0) is 14.7. The van der Waals surface area contributed by atoms with Crippen LogP contribution >= 0.6 is 12.4 Å². The third-order valence-corrected chi connectivity index (χ3v) is 3.77. The molecule has 0 saturated carbocycles. The standard InChI is InChI=1S/C15H19FN4O.ClH/c16-13-1-3-14(4-2-13)20-10-11(6-19-20)5-17-7-12-8-18-9-15(12)21;/h1-4,6,10,12,15,17-18,21H,5,7-9H2;1H. The van der Waals surface area contributed by atoms with E-state index in [1.165, 1.54) is 12.1 Å². The van der Waals surface area contributed by atoms with E-state index in [2.05, 4.69) is 15.7 Å². The third kappa shape index (κ3) is 4.04. The average Bonchev–Trinajstić information content (AvgIpc) is 3.10. The minimum absolute atomic E-state index is 0. The lowest BCUT2D eigenvalue weighted by atomic mass is 10.1. The van der Waals surface area contributed by atoms with Crippen molar-refractivity contribution in [3.8, 4) is 5.69 Å². The summed E-state index contributed by atoms with van der Waals surface area (Å²) >= 11 is 0. The van der Waals surface area contributed by atoms with Crippen LogP contribution in [0, 0.1) is 11.7 Å². The predicted molar refractivity (Wildman–Crippen MR) is 84.8 cm³/mol. The smallest absolute Gasteiger partial charge is 0.123 e. The van der Waals surface area contributed by atoms with Crippen molar-refractivity contribution < 1.29 is 9.50 Å². The van der Waals surface area contributed by atoms with Crippen molar-refractivity contribution in [1.82, 2.24) is 20.4 Å². The van der Waals surface area contributed by atoms with Crippen LogP contribution in [0.1, 0.15) is 5.56 Å². The molecule has 3 N–H and O–H groups in total. The summed E-state index contributed by atoms with van der Waals surface area (Å²) in [6.07, 6.45) is 3.45. The number of rotatable bonds is 5. The van der Waals surface area contributed by atoms with Gasteiger partial charge in [-0.25, -0.2) is 9.07 Å². The van der Waals surface area contributed by atoms with Crippen LogP contribution in [0.3, 0.4) is 0 Å². The van der Waals surface area contributed by atoms with E-state index in [9.17, 15) is 9.50 Å². The fourth-order valence-electron chi connectivity index (χ4n) is 2.52. The van der Waals surface area contributed by atoms with Gasteiger partial charge in [0.25, 0.3) is 0 Å². The maximum Gasteiger partial charge on any atom is 0.123 e. The molecular formula is C15H20ClFN4O. The second-order valence-corrected chi connectivity index (χ2v) is 5.39. The van der Waals surface area contributed by atoms with Gasteiger partial charge < -0.3 is 15.7 Å². The number of hydrogen-bond donors (Lipinski definition) is 3. The Morgan fingerprint density at radius 2 is 2.09 bits per heavy atom. The van der Waals surface area contributed by atoms with Gasteiger partial charge in [-0.15, -0.1) is 12.4 Å². The SMILES string of the molecule is Cl.OC1CNCC1CNCc1cnn(-c2ccc(F)cc2)c1. The molecule has 1 saturated heterocycles. The number of β-amino-alcohol motifs (C(OH)–C–C–N with tert-alkyl or cyclic N) is 1. The quantitative estimate of drug-likeness (QED) is 0.770. The summed E-state index contributed by atoms with van der Waals surface area (Å²) in [7, 11) is 0. The fraction of sp³-hybridized carbons (Fsp3) is 0.400. The lowest BCUT2D eigenvalue weighted by Gasteiger charge is -2.13. The monoisotopic (exact) mass is 326 g/mol. The van der Waals surface area contributed by atoms with Gasteiger partial charge in [-0.05, 0) is 24.3 Å². The number of aliphatic hydroxyl groups excluding tert-OH is 1. The zero-order valence-corrected chi connectivity index (χ0v) is 12.9. The maximum atomic E-state index is 12.9. The van der Waals surface area contributed by atoms with E-state index >= 15 is 0 Å². The van der Waals surface area contributed by atoms with Crippen LogP contribution in [0.25, 0.3) is 5.69 Å². The van der Waals surface area contributed by atoms with Gasteiger partial charge in [-0.2, -0.15) is 5.10 Å². The molecule has 7 heteroatoms.